The molecule has 27 heavy (non-hydrogen) atoms. The van der Waals surface area contributed by atoms with Crippen LogP contribution in [0.25, 0.3) is 0 Å². The van der Waals surface area contributed by atoms with Crippen LogP contribution in [0.2, 0.25) is 0 Å². The van der Waals surface area contributed by atoms with E-state index >= 15 is 0 Å². The number of nitrogens with zero attached hydrogens (tertiary/aromatic N) is 1. The zero-order chi connectivity index (χ0) is 18.5. The third-order valence-electron chi connectivity index (χ3n) is 4.56. The van der Waals surface area contributed by atoms with E-state index in [2.05, 4.69) is 40.6 Å². The highest BCUT2D eigenvalue weighted by Crippen LogP contribution is 2.25. The molecule has 1 amide bonds. The van der Waals surface area contributed by atoms with E-state index in [9.17, 15) is 4.79 Å². The van der Waals surface area contributed by atoms with Gasteiger partial charge in [0.2, 0.25) is 5.91 Å². The van der Waals surface area contributed by atoms with Gasteiger partial charge in [0, 0.05) is 16.9 Å². The number of thioether (sulfide) groups is 1. The molecule has 0 saturated heterocycles. The van der Waals surface area contributed by atoms with Gasteiger partial charge in [-0.25, -0.2) is 4.98 Å². The van der Waals surface area contributed by atoms with Crippen molar-refractivity contribution in [3.8, 4) is 0 Å². The molecule has 1 atom stereocenters. The Morgan fingerprint density at radius 1 is 1.11 bits per heavy atom. The first-order valence-electron chi connectivity index (χ1n) is 9.10. The van der Waals surface area contributed by atoms with Crippen LogP contribution >= 0.6 is 23.1 Å². The average Bonchev–Trinajstić information content (AvgIpc) is 3.09. The highest BCUT2D eigenvalue weighted by atomic mass is 32.2. The Morgan fingerprint density at radius 3 is 2.63 bits per heavy atom. The normalized spacial score (nSPS) is 15.9. The molecule has 2 N–H and O–H groups in total. The quantitative estimate of drug-likeness (QED) is 0.630. The number of thiazole rings is 1. The van der Waals surface area contributed by atoms with Gasteiger partial charge in [0.1, 0.15) is 13.1 Å². The van der Waals surface area contributed by atoms with Gasteiger partial charge >= 0.3 is 0 Å². The molecule has 1 unspecified atom stereocenters. The molecule has 0 radical (unpaired) electrons. The zero-order valence-corrected chi connectivity index (χ0v) is 16.6. The van der Waals surface area contributed by atoms with Crippen molar-refractivity contribution >= 4 is 34.1 Å². The first kappa shape index (κ1) is 18.2. The Morgan fingerprint density at radius 2 is 1.85 bits per heavy atom. The van der Waals surface area contributed by atoms with Crippen LogP contribution in [-0.2, 0) is 24.3 Å². The second kappa shape index (κ2) is 8.69. The molecule has 4 rings (SSSR count). The molecule has 1 aromatic heterocycles. The van der Waals surface area contributed by atoms with E-state index in [1.54, 1.807) is 28.0 Å². The van der Waals surface area contributed by atoms with Gasteiger partial charge in [-0.05, 0) is 12.1 Å². The van der Waals surface area contributed by atoms with Crippen LogP contribution in [-0.4, -0.2) is 23.2 Å². The molecule has 0 spiro atoms. The van der Waals surface area contributed by atoms with Crippen molar-refractivity contribution in [2.45, 2.75) is 24.4 Å². The number of fused-ring (bicyclic) bond motifs is 1. The van der Waals surface area contributed by atoms with Crippen molar-refractivity contribution in [3.63, 3.8) is 0 Å². The molecule has 0 bridgehead atoms. The highest BCUT2D eigenvalue weighted by Gasteiger charge is 2.24. The van der Waals surface area contributed by atoms with Gasteiger partial charge < -0.3 is 10.2 Å². The molecule has 6 heteroatoms. The molecule has 0 aliphatic carbocycles. The first-order valence-corrected chi connectivity index (χ1v) is 10.9. The van der Waals surface area contributed by atoms with Crippen molar-refractivity contribution in [3.05, 3.63) is 76.8 Å². The molecule has 2 heterocycles. The van der Waals surface area contributed by atoms with Gasteiger partial charge in [0.25, 0.3) is 0 Å². The predicted octanol–water partition coefficient (Wildman–Crippen LogP) is 3.02. The lowest BCUT2D eigenvalue weighted by atomic mass is 10.1. The predicted molar refractivity (Wildman–Crippen MR) is 111 cm³/mol. The number of aromatic nitrogens is 1. The monoisotopic (exact) mass is 396 g/mol. The molecule has 4 nitrogen and oxygen atoms in total. The number of carbonyl (C=O) groups excluding carboxylic acids is 1. The molecular weight excluding hydrogens is 374 g/mol. The molecule has 3 aromatic rings. The topological polar surface area (TPSA) is 46.4 Å². The van der Waals surface area contributed by atoms with Gasteiger partial charge in [-0.3, -0.25) is 4.79 Å². The van der Waals surface area contributed by atoms with Crippen molar-refractivity contribution in [1.82, 2.24) is 4.98 Å². The maximum absolute atomic E-state index is 12.2. The third-order valence-corrected chi connectivity index (χ3v) is 6.59. The second-order valence-corrected chi connectivity index (χ2v) is 8.76. The minimum atomic E-state index is 0.00318. The summed E-state index contributed by atoms with van der Waals surface area (Å²) in [6, 6.07) is 20.6. The van der Waals surface area contributed by atoms with Crippen LogP contribution in [0.4, 0.5) is 5.13 Å². The molecule has 138 valence electrons. The number of benzene rings is 2. The number of hydrogen-bond acceptors (Lipinski definition) is 4. The number of carbonyl (C=O) groups is 1. The van der Waals surface area contributed by atoms with E-state index in [1.165, 1.54) is 10.4 Å². The van der Waals surface area contributed by atoms with Crippen LogP contribution in [0, 0.1) is 0 Å². The van der Waals surface area contributed by atoms with Crippen molar-refractivity contribution < 1.29 is 9.69 Å². The summed E-state index contributed by atoms with van der Waals surface area (Å²) in [7, 11) is 0. The number of amides is 1. The van der Waals surface area contributed by atoms with Crippen LogP contribution < -0.4 is 10.2 Å². The van der Waals surface area contributed by atoms with Gasteiger partial charge in [0.15, 0.2) is 5.13 Å². The number of nitrogens with one attached hydrogen (secondary N) is 2. The largest absolute Gasteiger partial charge is 0.326 e. The lowest BCUT2D eigenvalue weighted by Crippen LogP contribution is -3.10. The molecule has 2 aromatic carbocycles. The van der Waals surface area contributed by atoms with E-state index < -0.39 is 0 Å². The van der Waals surface area contributed by atoms with Crippen LogP contribution in [0.3, 0.4) is 0 Å². The minimum absolute atomic E-state index is 0.00318. The maximum Gasteiger partial charge on any atom is 0.236 e. The highest BCUT2D eigenvalue weighted by molar-refractivity contribution is 8.00. The van der Waals surface area contributed by atoms with E-state index in [-0.39, 0.29) is 5.91 Å². The number of anilines is 1. The minimum Gasteiger partial charge on any atom is -0.326 e. The van der Waals surface area contributed by atoms with Gasteiger partial charge in [0.05, 0.1) is 22.9 Å². The molecule has 1 aliphatic rings. The Labute approximate surface area is 167 Å². The third kappa shape index (κ3) is 4.97. The Balaban J connectivity index is 1.32. The molecule has 1 aliphatic heterocycles. The van der Waals surface area contributed by atoms with Crippen molar-refractivity contribution in [1.29, 1.82) is 0 Å². The SMILES string of the molecule is O=C(CSc1ccccc1)Nc1nc2c(s1)C[NH+](Cc1ccccc1)CC2. The van der Waals surface area contributed by atoms with Gasteiger partial charge in [-0.15, -0.1) is 11.8 Å². The summed E-state index contributed by atoms with van der Waals surface area (Å²) in [6.45, 7) is 3.10. The fraction of sp³-hybridized carbons (Fsp3) is 0.238. The smallest absolute Gasteiger partial charge is 0.236 e. The summed E-state index contributed by atoms with van der Waals surface area (Å²) in [6.07, 6.45) is 0.975. The maximum atomic E-state index is 12.2. The van der Waals surface area contributed by atoms with E-state index in [0.29, 0.717) is 5.75 Å². The molecular formula is C21H22N3OS2+. The van der Waals surface area contributed by atoms with E-state index in [1.807, 2.05) is 30.3 Å². The lowest BCUT2D eigenvalue weighted by Gasteiger charge is -2.22. The fourth-order valence-electron chi connectivity index (χ4n) is 3.24. The van der Waals surface area contributed by atoms with Crippen LogP contribution in [0.15, 0.2) is 65.6 Å². The average molecular weight is 397 g/mol. The standard InChI is InChI=1S/C21H21N3OS2/c25-20(15-26-17-9-5-2-6-10-17)23-21-22-18-11-12-24(14-19(18)27-21)13-16-7-3-1-4-8-16/h1-10H,11-15H2,(H,22,23,25)/p+1. The molecule has 0 fully saturated rings. The van der Waals surface area contributed by atoms with Gasteiger partial charge in [-0.1, -0.05) is 59.9 Å². The van der Waals surface area contributed by atoms with E-state index in [0.717, 1.165) is 41.8 Å². The Kier molecular flexibility index (Phi) is 5.87. The summed E-state index contributed by atoms with van der Waals surface area (Å²) in [5.74, 6) is 0.406. The van der Waals surface area contributed by atoms with Crippen molar-refractivity contribution in [2.75, 3.05) is 17.6 Å². The second-order valence-electron chi connectivity index (χ2n) is 6.63. The van der Waals surface area contributed by atoms with E-state index in [4.69, 9.17) is 0 Å². The lowest BCUT2D eigenvalue weighted by molar-refractivity contribution is -0.929. The summed E-state index contributed by atoms with van der Waals surface area (Å²) < 4.78 is 0. The number of quaternary nitrogens is 1. The van der Waals surface area contributed by atoms with Crippen LogP contribution in [0.5, 0.6) is 0 Å². The van der Waals surface area contributed by atoms with Crippen LogP contribution in [0.1, 0.15) is 16.1 Å². The first-order chi connectivity index (χ1) is 13.3. The fourth-order valence-corrected chi connectivity index (χ4v) is 5.05. The molecule has 0 saturated carbocycles. The summed E-state index contributed by atoms with van der Waals surface area (Å²) in [5.41, 5.74) is 2.52. The van der Waals surface area contributed by atoms with Gasteiger partial charge in [-0.2, -0.15) is 0 Å². The Hall–Kier alpha value is -2.15. The zero-order valence-electron chi connectivity index (χ0n) is 15.0. The summed E-state index contributed by atoms with van der Waals surface area (Å²) >= 11 is 3.17. The summed E-state index contributed by atoms with van der Waals surface area (Å²) in [4.78, 5) is 20.8. The number of rotatable bonds is 6. The van der Waals surface area contributed by atoms with Crippen molar-refractivity contribution in [2.24, 2.45) is 0 Å². The Bertz CT molecular complexity index is 896. The summed E-state index contributed by atoms with van der Waals surface area (Å²) in [5, 5.41) is 3.71. The number of hydrogen-bond donors (Lipinski definition) is 2.